The molecule has 0 aliphatic carbocycles. The van der Waals surface area contributed by atoms with Crippen molar-refractivity contribution < 1.29 is 9.52 Å². The second-order valence-corrected chi connectivity index (χ2v) is 4.46. The van der Waals surface area contributed by atoms with Gasteiger partial charge < -0.3 is 14.8 Å². The van der Waals surface area contributed by atoms with E-state index in [0.717, 1.165) is 5.39 Å². The predicted octanol–water partition coefficient (Wildman–Crippen LogP) is 1.27. The number of anilines is 1. The Kier molecular flexibility index (Phi) is 2.68. The minimum atomic E-state index is -1.12. The first-order chi connectivity index (χ1) is 9.17. The lowest BCUT2D eigenvalue weighted by Gasteiger charge is -2.21. The number of hydrogen-bond donors (Lipinski definition) is 3. The lowest BCUT2D eigenvalue weighted by atomic mass is 10.0. The SMILES string of the molecule is CC(O)(CNc1ncnc2[nH]ncc12)c1ccco1. The molecule has 3 heterocycles. The van der Waals surface area contributed by atoms with Gasteiger partial charge in [0.25, 0.3) is 0 Å². The molecule has 1 unspecified atom stereocenters. The minimum Gasteiger partial charge on any atom is -0.466 e. The van der Waals surface area contributed by atoms with Gasteiger partial charge in [-0.05, 0) is 19.1 Å². The van der Waals surface area contributed by atoms with E-state index in [1.54, 1.807) is 25.3 Å². The van der Waals surface area contributed by atoms with Crippen LogP contribution in [0.4, 0.5) is 5.82 Å². The highest BCUT2D eigenvalue weighted by atomic mass is 16.4. The fourth-order valence-electron chi connectivity index (χ4n) is 1.83. The number of hydrogen-bond acceptors (Lipinski definition) is 6. The molecule has 3 aromatic rings. The highest BCUT2D eigenvalue weighted by molar-refractivity contribution is 5.85. The first-order valence-corrected chi connectivity index (χ1v) is 5.81. The molecule has 0 saturated heterocycles. The Labute approximate surface area is 108 Å². The van der Waals surface area contributed by atoms with E-state index in [-0.39, 0.29) is 6.54 Å². The van der Waals surface area contributed by atoms with Crippen molar-refractivity contribution in [3.63, 3.8) is 0 Å². The Morgan fingerprint density at radius 1 is 1.47 bits per heavy atom. The Bertz CT molecular complexity index is 674. The van der Waals surface area contributed by atoms with Crippen LogP contribution in [0, 0.1) is 0 Å². The third-order valence-electron chi connectivity index (χ3n) is 2.90. The Morgan fingerprint density at radius 2 is 2.37 bits per heavy atom. The molecule has 3 rings (SSSR count). The van der Waals surface area contributed by atoms with Gasteiger partial charge in [-0.2, -0.15) is 5.10 Å². The highest BCUT2D eigenvalue weighted by Crippen LogP contribution is 2.23. The molecule has 0 aromatic carbocycles. The maximum Gasteiger partial charge on any atom is 0.160 e. The van der Waals surface area contributed by atoms with Crippen LogP contribution in [0.5, 0.6) is 0 Å². The average Bonchev–Trinajstić information content (AvgIpc) is 3.07. The predicted molar refractivity (Wildman–Crippen MR) is 68.5 cm³/mol. The van der Waals surface area contributed by atoms with Crippen molar-refractivity contribution in [2.75, 3.05) is 11.9 Å². The number of nitrogens with zero attached hydrogens (tertiary/aromatic N) is 3. The van der Waals surface area contributed by atoms with Gasteiger partial charge in [0.1, 0.15) is 23.5 Å². The molecule has 0 spiro atoms. The topological polar surface area (TPSA) is 99.9 Å². The third-order valence-corrected chi connectivity index (χ3v) is 2.90. The summed E-state index contributed by atoms with van der Waals surface area (Å²) in [7, 11) is 0. The van der Waals surface area contributed by atoms with Gasteiger partial charge in [-0.15, -0.1) is 0 Å². The number of aromatic amines is 1. The summed E-state index contributed by atoms with van der Waals surface area (Å²) in [6.45, 7) is 1.93. The summed E-state index contributed by atoms with van der Waals surface area (Å²) in [5, 5.41) is 20.9. The number of aromatic nitrogens is 4. The Morgan fingerprint density at radius 3 is 3.16 bits per heavy atom. The molecule has 0 fully saturated rings. The number of rotatable bonds is 4. The molecule has 1 atom stereocenters. The number of H-pyrrole nitrogens is 1. The van der Waals surface area contributed by atoms with E-state index in [0.29, 0.717) is 17.2 Å². The van der Waals surface area contributed by atoms with Gasteiger partial charge >= 0.3 is 0 Å². The van der Waals surface area contributed by atoms with Crippen LogP contribution in [-0.2, 0) is 5.60 Å². The molecule has 0 bridgehead atoms. The number of nitrogens with one attached hydrogen (secondary N) is 2. The van der Waals surface area contributed by atoms with Gasteiger partial charge in [-0.3, -0.25) is 5.10 Å². The van der Waals surface area contributed by atoms with Gasteiger partial charge in [-0.25, -0.2) is 9.97 Å². The van der Waals surface area contributed by atoms with E-state index in [1.807, 2.05) is 0 Å². The zero-order valence-corrected chi connectivity index (χ0v) is 10.3. The van der Waals surface area contributed by atoms with Crippen molar-refractivity contribution in [1.29, 1.82) is 0 Å². The molecular formula is C12H13N5O2. The smallest absolute Gasteiger partial charge is 0.160 e. The molecule has 19 heavy (non-hydrogen) atoms. The van der Waals surface area contributed by atoms with Crippen molar-refractivity contribution in [3.05, 3.63) is 36.7 Å². The number of fused-ring (bicyclic) bond motifs is 1. The fraction of sp³-hybridized carbons (Fsp3) is 0.250. The molecule has 0 saturated carbocycles. The Hall–Kier alpha value is -2.41. The van der Waals surface area contributed by atoms with Crippen LogP contribution in [0.1, 0.15) is 12.7 Å². The van der Waals surface area contributed by atoms with Gasteiger partial charge in [0.15, 0.2) is 5.65 Å². The van der Waals surface area contributed by atoms with E-state index in [1.165, 1.54) is 12.6 Å². The minimum absolute atomic E-state index is 0.262. The first-order valence-electron chi connectivity index (χ1n) is 5.81. The van der Waals surface area contributed by atoms with E-state index in [2.05, 4.69) is 25.5 Å². The maximum absolute atomic E-state index is 10.3. The number of furan rings is 1. The van der Waals surface area contributed by atoms with Crippen molar-refractivity contribution in [2.24, 2.45) is 0 Å². The molecule has 0 radical (unpaired) electrons. The monoisotopic (exact) mass is 259 g/mol. The summed E-state index contributed by atoms with van der Waals surface area (Å²) in [5.41, 5.74) is -0.472. The maximum atomic E-state index is 10.3. The summed E-state index contributed by atoms with van der Waals surface area (Å²) in [6.07, 6.45) is 4.60. The molecule has 3 N–H and O–H groups in total. The van der Waals surface area contributed by atoms with Crippen LogP contribution in [-0.4, -0.2) is 31.8 Å². The van der Waals surface area contributed by atoms with Crippen LogP contribution in [0.25, 0.3) is 11.0 Å². The average molecular weight is 259 g/mol. The highest BCUT2D eigenvalue weighted by Gasteiger charge is 2.26. The summed E-state index contributed by atoms with van der Waals surface area (Å²) < 4.78 is 5.22. The normalized spacial score (nSPS) is 14.4. The molecule has 0 amide bonds. The summed E-state index contributed by atoms with van der Waals surface area (Å²) in [4.78, 5) is 8.19. The van der Waals surface area contributed by atoms with Gasteiger partial charge in [-0.1, -0.05) is 0 Å². The van der Waals surface area contributed by atoms with E-state index >= 15 is 0 Å². The van der Waals surface area contributed by atoms with Crippen LogP contribution < -0.4 is 5.32 Å². The van der Waals surface area contributed by atoms with Gasteiger partial charge in [0.05, 0.1) is 24.4 Å². The largest absolute Gasteiger partial charge is 0.466 e. The van der Waals surface area contributed by atoms with Crippen LogP contribution in [0.15, 0.2) is 35.3 Å². The summed E-state index contributed by atoms with van der Waals surface area (Å²) in [6, 6.07) is 3.47. The summed E-state index contributed by atoms with van der Waals surface area (Å²) in [5.74, 6) is 1.11. The lowest BCUT2D eigenvalue weighted by Crippen LogP contribution is -2.30. The fourth-order valence-corrected chi connectivity index (χ4v) is 1.83. The lowest BCUT2D eigenvalue weighted by molar-refractivity contribution is 0.0476. The zero-order valence-electron chi connectivity index (χ0n) is 10.3. The van der Waals surface area contributed by atoms with Crippen molar-refractivity contribution in [3.8, 4) is 0 Å². The molecule has 0 aliphatic heterocycles. The summed E-state index contributed by atoms with van der Waals surface area (Å²) >= 11 is 0. The van der Waals surface area contributed by atoms with Crippen molar-refractivity contribution in [2.45, 2.75) is 12.5 Å². The van der Waals surface area contributed by atoms with E-state index in [4.69, 9.17) is 4.42 Å². The third kappa shape index (κ3) is 2.15. The molecule has 7 nitrogen and oxygen atoms in total. The van der Waals surface area contributed by atoms with Crippen LogP contribution >= 0.6 is 0 Å². The van der Waals surface area contributed by atoms with E-state index < -0.39 is 5.60 Å². The van der Waals surface area contributed by atoms with Crippen molar-refractivity contribution >= 4 is 16.9 Å². The van der Waals surface area contributed by atoms with Gasteiger partial charge in [0.2, 0.25) is 0 Å². The molecule has 7 heteroatoms. The quantitative estimate of drug-likeness (QED) is 0.652. The number of aliphatic hydroxyl groups is 1. The van der Waals surface area contributed by atoms with Crippen LogP contribution in [0.3, 0.4) is 0 Å². The first kappa shape index (κ1) is 11.7. The van der Waals surface area contributed by atoms with Gasteiger partial charge in [0, 0.05) is 0 Å². The Balaban J connectivity index is 1.81. The molecule has 98 valence electrons. The second kappa shape index (κ2) is 4.36. The standard InChI is InChI=1S/C12H13N5O2/c1-12(18,9-3-2-4-19-9)6-13-10-8-5-16-17-11(8)15-7-14-10/h2-5,7,18H,6H2,1H3,(H2,13,14,15,16,17). The van der Waals surface area contributed by atoms with E-state index in [9.17, 15) is 5.11 Å². The zero-order chi connectivity index (χ0) is 13.3. The molecule has 0 aliphatic rings. The second-order valence-electron chi connectivity index (χ2n) is 4.46. The molecule has 3 aromatic heterocycles. The van der Waals surface area contributed by atoms with Crippen LogP contribution in [0.2, 0.25) is 0 Å². The molecular weight excluding hydrogens is 246 g/mol. The van der Waals surface area contributed by atoms with Crippen molar-refractivity contribution in [1.82, 2.24) is 20.2 Å².